The number of nitrogens with one attached hydrogen (secondary N) is 1. The summed E-state index contributed by atoms with van der Waals surface area (Å²) in [5, 5.41) is 16.1. The van der Waals surface area contributed by atoms with Crippen molar-refractivity contribution in [2.75, 3.05) is 11.6 Å². The number of amides is 1. The highest BCUT2D eigenvalue weighted by Gasteiger charge is 2.21. The van der Waals surface area contributed by atoms with Crippen LogP contribution in [0.5, 0.6) is 0 Å². The summed E-state index contributed by atoms with van der Waals surface area (Å²) in [6.45, 7) is 0. The number of nitro groups is 1. The number of carbonyl (C=O) groups excluding carboxylic acids is 1. The second kappa shape index (κ2) is 7.86. The summed E-state index contributed by atoms with van der Waals surface area (Å²) in [6, 6.07) is 11.7. The molecule has 2 aromatic carbocycles. The van der Waals surface area contributed by atoms with E-state index in [0.29, 0.717) is 5.13 Å². The molecule has 1 amide bonds. The zero-order valence-corrected chi connectivity index (χ0v) is 15.8. The van der Waals surface area contributed by atoms with Gasteiger partial charge in [-0.3, -0.25) is 20.2 Å². The highest BCUT2D eigenvalue weighted by molar-refractivity contribution is 7.98. The lowest BCUT2D eigenvalue weighted by Gasteiger charge is -2.03. The molecule has 0 saturated heterocycles. The van der Waals surface area contributed by atoms with Crippen molar-refractivity contribution in [1.29, 1.82) is 0 Å². The topological polar surface area (TPSA) is 85.1 Å². The van der Waals surface area contributed by atoms with Gasteiger partial charge in [0.05, 0.1) is 10.6 Å². The molecule has 0 atom stereocenters. The monoisotopic (exact) mass is 405 g/mol. The van der Waals surface area contributed by atoms with Crippen LogP contribution in [0, 0.1) is 10.1 Å². The first-order valence-corrected chi connectivity index (χ1v) is 9.81. The van der Waals surface area contributed by atoms with Gasteiger partial charge in [-0.05, 0) is 30.5 Å². The number of thiazole rings is 1. The Bertz CT molecular complexity index is 974. The minimum Gasteiger partial charge on any atom is -0.298 e. The average molecular weight is 406 g/mol. The van der Waals surface area contributed by atoms with Crippen molar-refractivity contribution in [3.8, 4) is 11.3 Å². The third-order valence-corrected chi connectivity index (χ3v) is 5.25. The Kier molecular flexibility index (Phi) is 5.55. The van der Waals surface area contributed by atoms with Crippen LogP contribution in [0.4, 0.5) is 10.8 Å². The number of rotatable bonds is 5. The Morgan fingerprint density at radius 3 is 2.65 bits per heavy atom. The van der Waals surface area contributed by atoms with Crippen LogP contribution in [0.3, 0.4) is 0 Å². The number of hydrogen-bond donors (Lipinski definition) is 1. The maximum Gasteiger partial charge on any atom is 0.282 e. The average Bonchev–Trinajstić information content (AvgIpc) is 3.10. The largest absolute Gasteiger partial charge is 0.298 e. The molecule has 26 heavy (non-hydrogen) atoms. The number of halogens is 1. The van der Waals surface area contributed by atoms with Gasteiger partial charge >= 0.3 is 0 Å². The number of aromatic nitrogens is 1. The smallest absolute Gasteiger partial charge is 0.282 e. The lowest BCUT2D eigenvalue weighted by Crippen LogP contribution is -2.13. The molecule has 6 nitrogen and oxygen atoms in total. The maximum atomic E-state index is 12.4. The molecule has 0 bridgehead atoms. The Balaban J connectivity index is 1.82. The van der Waals surface area contributed by atoms with E-state index >= 15 is 0 Å². The molecule has 1 N–H and O–H groups in total. The number of carbonyl (C=O) groups is 1. The van der Waals surface area contributed by atoms with Crippen molar-refractivity contribution < 1.29 is 9.72 Å². The maximum absolute atomic E-state index is 12.4. The molecule has 9 heteroatoms. The van der Waals surface area contributed by atoms with Crippen LogP contribution in [-0.4, -0.2) is 22.1 Å². The minimum absolute atomic E-state index is 0.108. The number of benzene rings is 2. The van der Waals surface area contributed by atoms with Gasteiger partial charge in [0, 0.05) is 26.9 Å². The third kappa shape index (κ3) is 4.04. The summed E-state index contributed by atoms with van der Waals surface area (Å²) in [6.07, 6.45) is 2.00. The Labute approximate surface area is 162 Å². The van der Waals surface area contributed by atoms with Gasteiger partial charge < -0.3 is 0 Å². The van der Waals surface area contributed by atoms with Gasteiger partial charge in [0.25, 0.3) is 11.6 Å². The molecule has 0 aliphatic carbocycles. The predicted octanol–water partition coefficient (Wildman–Crippen LogP) is 5.35. The number of anilines is 1. The second-order valence-electron chi connectivity index (χ2n) is 5.14. The molecule has 0 fully saturated rings. The summed E-state index contributed by atoms with van der Waals surface area (Å²) in [4.78, 5) is 28.4. The van der Waals surface area contributed by atoms with Crippen LogP contribution in [0.1, 0.15) is 10.4 Å². The van der Waals surface area contributed by atoms with Crippen LogP contribution < -0.4 is 5.32 Å². The van der Waals surface area contributed by atoms with Crippen molar-refractivity contribution >= 4 is 51.4 Å². The summed E-state index contributed by atoms with van der Waals surface area (Å²) < 4.78 is 0. The van der Waals surface area contributed by atoms with E-state index < -0.39 is 10.8 Å². The van der Waals surface area contributed by atoms with Crippen LogP contribution in [0.2, 0.25) is 5.02 Å². The fraction of sp³-hybridized carbons (Fsp3) is 0.0588. The van der Waals surface area contributed by atoms with Crippen LogP contribution in [-0.2, 0) is 0 Å². The molecule has 0 saturated carbocycles. The Morgan fingerprint density at radius 2 is 2.00 bits per heavy atom. The molecule has 0 aliphatic rings. The standard InChI is InChI=1S/C17H12ClN3O3S2/c1-25-12-5-2-10(3-6-12)14-9-26-17(19-14)20-16(22)13-8-11(18)4-7-15(13)21(23)24/h2-9H,1H3,(H,19,20,22). The molecular formula is C17H12ClN3O3S2. The molecule has 1 heterocycles. The van der Waals surface area contributed by atoms with Gasteiger partial charge in [0.15, 0.2) is 5.13 Å². The summed E-state index contributed by atoms with van der Waals surface area (Å²) in [5.41, 5.74) is 1.23. The van der Waals surface area contributed by atoms with Crippen molar-refractivity contribution in [2.45, 2.75) is 4.90 Å². The molecule has 0 aliphatic heterocycles. The molecule has 132 valence electrons. The van der Waals surface area contributed by atoms with Crippen LogP contribution >= 0.6 is 34.7 Å². The quantitative estimate of drug-likeness (QED) is 0.351. The third-order valence-electron chi connectivity index (χ3n) is 3.51. The highest BCUT2D eigenvalue weighted by atomic mass is 35.5. The first-order valence-electron chi connectivity index (χ1n) is 7.33. The summed E-state index contributed by atoms with van der Waals surface area (Å²) >= 11 is 8.75. The SMILES string of the molecule is CSc1ccc(-c2csc(NC(=O)c3cc(Cl)ccc3[N+](=O)[O-])n2)cc1. The molecule has 3 rings (SSSR count). The molecule has 0 radical (unpaired) electrons. The van der Waals surface area contributed by atoms with E-state index in [0.717, 1.165) is 16.2 Å². The zero-order chi connectivity index (χ0) is 18.7. The van der Waals surface area contributed by atoms with Gasteiger partial charge in [-0.15, -0.1) is 23.1 Å². The number of hydrogen-bond acceptors (Lipinski definition) is 6. The zero-order valence-electron chi connectivity index (χ0n) is 13.4. The molecule has 0 spiro atoms. The van der Waals surface area contributed by atoms with E-state index in [1.807, 2.05) is 35.9 Å². The first kappa shape index (κ1) is 18.4. The van der Waals surface area contributed by atoms with E-state index in [4.69, 9.17) is 11.6 Å². The molecule has 3 aromatic rings. The molecule has 1 aromatic heterocycles. The van der Waals surface area contributed by atoms with Crippen molar-refractivity contribution in [3.05, 3.63) is 68.5 Å². The van der Waals surface area contributed by atoms with Gasteiger partial charge in [0.2, 0.25) is 0 Å². The fourth-order valence-corrected chi connectivity index (χ4v) is 3.53. The van der Waals surface area contributed by atoms with Gasteiger partial charge in [-0.2, -0.15) is 0 Å². The van der Waals surface area contributed by atoms with Crippen LogP contribution in [0.15, 0.2) is 52.7 Å². The van der Waals surface area contributed by atoms with E-state index in [2.05, 4.69) is 10.3 Å². The lowest BCUT2D eigenvalue weighted by atomic mass is 10.1. The molecule has 0 unspecified atom stereocenters. The predicted molar refractivity (Wildman–Crippen MR) is 105 cm³/mol. The number of thioether (sulfide) groups is 1. The van der Waals surface area contributed by atoms with E-state index in [1.54, 1.807) is 11.8 Å². The second-order valence-corrected chi connectivity index (χ2v) is 7.31. The van der Waals surface area contributed by atoms with Crippen molar-refractivity contribution in [2.24, 2.45) is 0 Å². The number of nitrogens with zero attached hydrogens (tertiary/aromatic N) is 2. The van der Waals surface area contributed by atoms with Crippen molar-refractivity contribution in [3.63, 3.8) is 0 Å². The normalized spacial score (nSPS) is 10.5. The van der Waals surface area contributed by atoms with E-state index in [1.165, 1.54) is 29.5 Å². The van der Waals surface area contributed by atoms with Crippen molar-refractivity contribution in [1.82, 2.24) is 4.98 Å². The van der Waals surface area contributed by atoms with E-state index in [-0.39, 0.29) is 16.3 Å². The highest BCUT2D eigenvalue weighted by Crippen LogP contribution is 2.28. The minimum atomic E-state index is -0.627. The van der Waals surface area contributed by atoms with Crippen LogP contribution in [0.25, 0.3) is 11.3 Å². The number of nitro benzene ring substituents is 1. The Morgan fingerprint density at radius 1 is 1.27 bits per heavy atom. The Hall–Kier alpha value is -2.42. The lowest BCUT2D eigenvalue weighted by molar-refractivity contribution is -0.385. The first-order chi connectivity index (χ1) is 12.5. The fourth-order valence-electron chi connectivity index (χ4n) is 2.24. The van der Waals surface area contributed by atoms with Gasteiger partial charge in [0.1, 0.15) is 5.56 Å². The summed E-state index contributed by atoms with van der Waals surface area (Å²) in [5.74, 6) is -0.627. The van der Waals surface area contributed by atoms with Gasteiger partial charge in [-0.1, -0.05) is 23.7 Å². The molecular weight excluding hydrogens is 394 g/mol. The van der Waals surface area contributed by atoms with Gasteiger partial charge in [-0.25, -0.2) is 4.98 Å². The van der Waals surface area contributed by atoms with E-state index in [9.17, 15) is 14.9 Å². The summed E-state index contributed by atoms with van der Waals surface area (Å²) in [7, 11) is 0.